The van der Waals surface area contributed by atoms with Crippen LogP contribution in [-0.4, -0.2) is 11.7 Å². The Balaban J connectivity index is 1.72. The summed E-state index contributed by atoms with van der Waals surface area (Å²) in [6.07, 6.45) is 6.22. The monoisotopic (exact) mass is 178 g/mol. The van der Waals surface area contributed by atoms with Crippen LogP contribution in [0, 0.1) is 5.92 Å². The van der Waals surface area contributed by atoms with Crippen molar-refractivity contribution in [3.05, 3.63) is 11.3 Å². The standard InChI is InChI=1S/C10H14N2O/c1-2-8-9(3-1)13-12-10(8)11-6-7-4-5-7/h7H,1-6H2,(H,11,12). The minimum Gasteiger partial charge on any atom is -0.367 e. The highest BCUT2D eigenvalue weighted by Gasteiger charge is 2.24. The molecule has 1 aromatic heterocycles. The first-order valence-corrected chi connectivity index (χ1v) is 5.15. The number of nitrogens with zero attached hydrogens (tertiary/aromatic N) is 1. The quantitative estimate of drug-likeness (QED) is 0.769. The van der Waals surface area contributed by atoms with Crippen LogP contribution in [-0.2, 0) is 12.8 Å². The topological polar surface area (TPSA) is 38.1 Å². The van der Waals surface area contributed by atoms with E-state index < -0.39 is 0 Å². The Labute approximate surface area is 77.5 Å². The van der Waals surface area contributed by atoms with Crippen molar-refractivity contribution >= 4 is 5.82 Å². The van der Waals surface area contributed by atoms with Gasteiger partial charge in [-0.3, -0.25) is 0 Å². The number of rotatable bonds is 3. The summed E-state index contributed by atoms with van der Waals surface area (Å²) in [5.74, 6) is 3.02. The van der Waals surface area contributed by atoms with Gasteiger partial charge in [0.15, 0.2) is 5.82 Å². The van der Waals surface area contributed by atoms with Crippen molar-refractivity contribution in [1.82, 2.24) is 5.16 Å². The molecular weight excluding hydrogens is 164 g/mol. The maximum absolute atomic E-state index is 5.25. The van der Waals surface area contributed by atoms with E-state index in [0.29, 0.717) is 0 Å². The lowest BCUT2D eigenvalue weighted by molar-refractivity contribution is 0.388. The number of nitrogens with one attached hydrogen (secondary N) is 1. The lowest BCUT2D eigenvalue weighted by atomic mass is 10.2. The largest absolute Gasteiger partial charge is 0.367 e. The van der Waals surface area contributed by atoms with Gasteiger partial charge < -0.3 is 9.84 Å². The summed E-state index contributed by atoms with van der Waals surface area (Å²) in [5.41, 5.74) is 1.33. The lowest BCUT2D eigenvalue weighted by Gasteiger charge is -2.00. The van der Waals surface area contributed by atoms with E-state index in [-0.39, 0.29) is 0 Å². The predicted molar refractivity (Wildman–Crippen MR) is 49.7 cm³/mol. The molecule has 0 unspecified atom stereocenters. The molecule has 1 fully saturated rings. The van der Waals surface area contributed by atoms with E-state index in [9.17, 15) is 0 Å². The Morgan fingerprint density at radius 1 is 1.38 bits per heavy atom. The molecule has 0 saturated heterocycles. The molecule has 1 N–H and O–H groups in total. The number of aromatic nitrogens is 1. The van der Waals surface area contributed by atoms with Crippen molar-refractivity contribution in [2.24, 2.45) is 5.92 Å². The molecule has 3 rings (SSSR count). The van der Waals surface area contributed by atoms with Crippen LogP contribution in [0.4, 0.5) is 5.82 Å². The molecule has 0 atom stereocenters. The van der Waals surface area contributed by atoms with Crippen LogP contribution in [0.25, 0.3) is 0 Å². The number of fused-ring (bicyclic) bond motifs is 1. The number of anilines is 1. The van der Waals surface area contributed by atoms with Gasteiger partial charge in [-0.15, -0.1) is 0 Å². The zero-order chi connectivity index (χ0) is 8.67. The van der Waals surface area contributed by atoms with Gasteiger partial charge in [0.1, 0.15) is 5.76 Å². The van der Waals surface area contributed by atoms with Gasteiger partial charge in [-0.05, 0) is 31.6 Å². The molecule has 0 aromatic carbocycles. The van der Waals surface area contributed by atoms with Crippen molar-refractivity contribution in [3.63, 3.8) is 0 Å². The second-order valence-corrected chi connectivity index (χ2v) is 4.11. The van der Waals surface area contributed by atoms with Crippen LogP contribution in [0.5, 0.6) is 0 Å². The van der Waals surface area contributed by atoms with E-state index >= 15 is 0 Å². The zero-order valence-electron chi connectivity index (χ0n) is 7.68. The van der Waals surface area contributed by atoms with E-state index in [1.54, 1.807) is 0 Å². The fraction of sp³-hybridized carbons (Fsp3) is 0.700. The fourth-order valence-corrected chi connectivity index (χ4v) is 1.93. The van der Waals surface area contributed by atoms with E-state index in [2.05, 4.69) is 10.5 Å². The smallest absolute Gasteiger partial charge is 0.172 e. The first-order valence-electron chi connectivity index (χ1n) is 5.15. The molecule has 70 valence electrons. The van der Waals surface area contributed by atoms with Crippen LogP contribution >= 0.6 is 0 Å². The third-order valence-corrected chi connectivity index (χ3v) is 2.96. The zero-order valence-corrected chi connectivity index (χ0v) is 7.68. The van der Waals surface area contributed by atoms with E-state index in [4.69, 9.17) is 4.52 Å². The molecule has 0 amide bonds. The first-order chi connectivity index (χ1) is 6.43. The van der Waals surface area contributed by atoms with Crippen molar-refractivity contribution in [1.29, 1.82) is 0 Å². The Morgan fingerprint density at radius 2 is 2.31 bits per heavy atom. The normalized spacial score (nSPS) is 20.3. The Bertz CT molecular complexity index is 315. The van der Waals surface area contributed by atoms with Gasteiger partial charge in [-0.25, -0.2) is 0 Å². The highest BCUT2D eigenvalue weighted by atomic mass is 16.5. The maximum atomic E-state index is 5.25. The highest BCUT2D eigenvalue weighted by molar-refractivity contribution is 5.47. The van der Waals surface area contributed by atoms with E-state index in [1.165, 1.54) is 24.8 Å². The molecule has 1 heterocycles. The molecule has 2 aliphatic rings. The average Bonchev–Trinajstić information content (AvgIpc) is 2.72. The molecule has 2 aliphatic carbocycles. The molecule has 0 spiro atoms. The van der Waals surface area contributed by atoms with Gasteiger partial charge in [0.2, 0.25) is 0 Å². The third kappa shape index (κ3) is 1.32. The van der Waals surface area contributed by atoms with Crippen LogP contribution in [0.3, 0.4) is 0 Å². The molecule has 0 aliphatic heterocycles. The first kappa shape index (κ1) is 7.42. The van der Waals surface area contributed by atoms with Crippen LogP contribution < -0.4 is 5.32 Å². The van der Waals surface area contributed by atoms with Gasteiger partial charge in [0.25, 0.3) is 0 Å². The summed E-state index contributed by atoms with van der Waals surface area (Å²) in [6.45, 7) is 1.08. The SMILES string of the molecule is C1Cc2onc(NCC3CC3)c2C1. The summed E-state index contributed by atoms with van der Waals surface area (Å²) in [5, 5.41) is 7.43. The highest BCUT2D eigenvalue weighted by Crippen LogP contribution is 2.31. The second-order valence-electron chi connectivity index (χ2n) is 4.11. The Kier molecular flexibility index (Phi) is 1.57. The molecular formula is C10H14N2O. The maximum Gasteiger partial charge on any atom is 0.172 e. The number of hydrogen-bond acceptors (Lipinski definition) is 3. The van der Waals surface area contributed by atoms with Crippen molar-refractivity contribution < 1.29 is 4.52 Å². The predicted octanol–water partition coefficient (Wildman–Crippen LogP) is 1.99. The average molecular weight is 178 g/mol. The number of hydrogen-bond donors (Lipinski definition) is 1. The van der Waals surface area contributed by atoms with Crippen molar-refractivity contribution in [2.75, 3.05) is 11.9 Å². The van der Waals surface area contributed by atoms with Crippen LogP contribution in [0.15, 0.2) is 4.52 Å². The summed E-state index contributed by atoms with van der Waals surface area (Å²) in [4.78, 5) is 0. The molecule has 0 radical (unpaired) electrons. The van der Waals surface area contributed by atoms with Crippen LogP contribution in [0.2, 0.25) is 0 Å². The fourth-order valence-electron chi connectivity index (χ4n) is 1.93. The van der Waals surface area contributed by atoms with Gasteiger partial charge in [-0.2, -0.15) is 0 Å². The summed E-state index contributed by atoms with van der Waals surface area (Å²) < 4.78 is 5.25. The molecule has 3 nitrogen and oxygen atoms in total. The minimum absolute atomic E-state index is 0.897. The lowest BCUT2D eigenvalue weighted by Crippen LogP contribution is -2.04. The summed E-state index contributed by atoms with van der Waals surface area (Å²) in [7, 11) is 0. The Morgan fingerprint density at radius 3 is 3.15 bits per heavy atom. The summed E-state index contributed by atoms with van der Waals surface area (Å²) >= 11 is 0. The molecule has 3 heteroatoms. The van der Waals surface area contributed by atoms with Gasteiger partial charge in [0.05, 0.1) is 0 Å². The third-order valence-electron chi connectivity index (χ3n) is 2.96. The molecule has 0 bridgehead atoms. The van der Waals surface area contributed by atoms with E-state index in [0.717, 1.165) is 36.9 Å². The Hall–Kier alpha value is -0.990. The summed E-state index contributed by atoms with van der Waals surface area (Å²) in [6, 6.07) is 0. The van der Waals surface area contributed by atoms with Gasteiger partial charge in [-0.1, -0.05) is 5.16 Å². The number of aryl methyl sites for hydroxylation is 1. The van der Waals surface area contributed by atoms with Crippen LogP contribution in [0.1, 0.15) is 30.6 Å². The van der Waals surface area contributed by atoms with Crippen molar-refractivity contribution in [2.45, 2.75) is 32.1 Å². The second kappa shape index (κ2) is 2.76. The van der Waals surface area contributed by atoms with Gasteiger partial charge in [0, 0.05) is 18.5 Å². The van der Waals surface area contributed by atoms with Gasteiger partial charge >= 0.3 is 0 Å². The molecule has 1 saturated carbocycles. The minimum atomic E-state index is 0.897. The molecule has 1 aromatic rings. The van der Waals surface area contributed by atoms with E-state index in [1.807, 2.05) is 0 Å². The van der Waals surface area contributed by atoms with Crippen molar-refractivity contribution in [3.8, 4) is 0 Å². The molecule has 13 heavy (non-hydrogen) atoms.